The van der Waals surface area contributed by atoms with Gasteiger partial charge in [-0.1, -0.05) is 39.3 Å². The number of nitrogens with zero attached hydrogens (tertiary/aromatic N) is 1. The highest BCUT2D eigenvalue weighted by atomic mass is 16.2. The number of hydrogen-bond acceptors (Lipinski definition) is 2. The van der Waals surface area contributed by atoms with E-state index in [0.29, 0.717) is 5.92 Å². The smallest absolute Gasteiger partial charge is 0.243 e. The number of amides is 1. The van der Waals surface area contributed by atoms with Crippen LogP contribution in [0.15, 0.2) is 24.3 Å². The molecule has 0 bridgehead atoms. The molecule has 100 valence electrons. The summed E-state index contributed by atoms with van der Waals surface area (Å²) in [5.74, 6) is 0.483. The van der Waals surface area contributed by atoms with Crippen LogP contribution in [0.4, 0.5) is 5.69 Å². The highest BCUT2D eigenvalue weighted by Gasteiger charge is 2.18. The molecule has 1 rings (SSSR count). The maximum atomic E-state index is 12.1. The molecular formula is C15H24N2O. The van der Waals surface area contributed by atoms with E-state index in [4.69, 9.17) is 5.73 Å². The average molecular weight is 248 g/mol. The Labute approximate surface area is 110 Å². The minimum Gasteiger partial charge on any atom is -0.320 e. The Morgan fingerprint density at radius 2 is 1.83 bits per heavy atom. The second kappa shape index (κ2) is 6.55. The lowest BCUT2D eigenvalue weighted by atomic mass is 10.0. The van der Waals surface area contributed by atoms with E-state index in [1.165, 1.54) is 5.56 Å². The molecule has 3 nitrogen and oxygen atoms in total. The first kappa shape index (κ1) is 14.7. The van der Waals surface area contributed by atoms with Crippen molar-refractivity contribution in [2.75, 3.05) is 11.9 Å². The fourth-order valence-corrected chi connectivity index (χ4v) is 1.89. The van der Waals surface area contributed by atoms with Crippen molar-refractivity contribution in [1.29, 1.82) is 0 Å². The molecule has 3 heteroatoms. The maximum absolute atomic E-state index is 12.1. The van der Waals surface area contributed by atoms with E-state index in [0.717, 1.165) is 18.5 Å². The van der Waals surface area contributed by atoms with E-state index in [2.05, 4.69) is 26.0 Å². The molecule has 0 aliphatic heterocycles. The summed E-state index contributed by atoms with van der Waals surface area (Å²) in [4.78, 5) is 13.7. The van der Waals surface area contributed by atoms with Gasteiger partial charge in [0.2, 0.25) is 5.91 Å². The summed E-state index contributed by atoms with van der Waals surface area (Å²) in [6, 6.07) is 7.69. The Hall–Kier alpha value is -1.35. The van der Waals surface area contributed by atoms with Crippen molar-refractivity contribution in [2.45, 2.75) is 45.6 Å². The molecular weight excluding hydrogens is 224 g/mol. The molecule has 1 atom stereocenters. The molecule has 1 aromatic rings. The first-order chi connectivity index (χ1) is 8.47. The molecule has 0 heterocycles. The van der Waals surface area contributed by atoms with Gasteiger partial charge in [-0.2, -0.15) is 0 Å². The summed E-state index contributed by atoms with van der Waals surface area (Å²) in [6.45, 7) is 6.34. The number of anilines is 1. The number of likely N-dealkylation sites (N-methyl/N-ethyl adjacent to an activating group) is 1. The third-order valence-corrected chi connectivity index (χ3v) is 3.19. The number of benzene rings is 1. The average Bonchev–Trinajstić information content (AvgIpc) is 2.37. The van der Waals surface area contributed by atoms with Crippen LogP contribution in [0.25, 0.3) is 0 Å². The minimum atomic E-state index is -0.398. The van der Waals surface area contributed by atoms with E-state index < -0.39 is 6.04 Å². The lowest BCUT2D eigenvalue weighted by Crippen LogP contribution is -2.41. The Bertz CT molecular complexity index is 384. The zero-order valence-corrected chi connectivity index (χ0v) is 11.8. The molecule has 0 aliphatic carbocycles. The molecule has 0 aromatic heterocycles. The lowest BCUT2D eigenvalue weighted by molar-refractivity contribution is -0.119. The highest BCUT2D eigenvalue weighted by molar-refractivity contribution is 5.96. The first-order valence-electron chi connectivity index (χ1n) is 6.60. The van der Waals surface area contributed by atoms with Gasteiger partial charge >= 0.3 is 0 Å². The van der Waals surface area contributed by atoms with Crippen molar-refractivity contribution in [3.8, 4) is 0 Å². The SMILES string of the molecule is CCCC(N)C(=O)N(C)c1ccc(C(C)C)cc1. The summed E-state index contributed by atoms with van der Waals surface area (Å²) in [7, 11) is 1.78. The minimum absolute atomic E-state index is 0.0193. The van der Waals surface area contributed by atoms with Gasteiger partial charge in [-0.25, -0.2) is 0 Å². The van der Waals surface area contributed by atoms with Crippen LogP contribution >= 0.6 is 0 Å². The van der Waals surface area contributed by atoms with Gasteiger partial charge in [0.25, 0.3) is 0 Å². The van der Waals surface area contributed by atoms with Gasteiger partial charge in [-0.05, 0) is 30.0 Å². The normalized spacial score (nSPS) is 12.6. The summed E-state index contributed by atoms with van der Waals surface area (Å²) in [6.07, 6.45) is 1.65. The Balaban J connectivity index is 2.77. The van der Waals surface area contributed by atoms with Gasteiger partial charge in [0.1, 0.15) is 0 Å². The van der Waals surface area contributed by atoms with Crippen LogP contribution in [0.3, 0.4) is 0 Å². The van der Waals surface area contributed by atoms with Crippen molar-refractivity contribution in [3.05, 3.63) is 29.8 Å². The van der Waals surface area contributed by atoms with Gasteiger partial charge in [0, 0.05) is 12.7 Å². The predicted octanol–water partition coefficient (Wildman–Crippen LogP) is 2.90. The molecule has 0 saturated heterocycles. The van der Waals surface area contributed by atoms with Crippen molar-refractivity contribution in [1.82, 2.24) is 0 Å². The number of rotatable bonds is 5. The molecule has 18 heavy (non-hydrogen) atoms. The Morgan fingerprint density at radius 3 is 2.28 bits per heavy atom. The lowest BCUT2D eigenvalue weighted by Gasteiger charge is -2.21. The topological polar surface area (TPSA) is 46.3 Å². The Kier molecular flexibility index (Phi) is 5.35. The highest BCUT2D eigenvalue weighted by Crippen LogP contribution is 2.19. The van der Waals surface area contributed by atoms with Gasteiger partial charge in [-0.15, -0.1) is 0 Å². The molecule has 0 aliphatic rings. The van der Waals surface area contributed by atoms with E-state index in [-0.39, 0.29) is 5.91 Å². The quantitative estimate of drug-likeness (QED) is 0.871. The van der Waals surface area contributed by atoms with Gasteiger partial charge < -0.3 is 10.6 Å². The van der Waals surface area contributed by atoms with Crippen molar-refractivity contribution in [2.24, 2.45) is 5.73 Å². The number of carbonyl (C=O) groups excluding carboxylic acids is 1. The molecule has 1 amide bonds. The summed E-state index contributed by atoms with van der Waals surface area (Å²) >= 11 is 0. The summed E-state index contributed by atoms with van der Waals surface area (Å²) in [5, 5.41) is 0. The fraction of sp³-hybridized carbons (Fsp3) is 0.533. The standard InChI is InChI=1S/C15H24N2O/c1-5-6-14(16)15(18)17(4)13-9-7-12(8-10-13)11(2)3/h7-11,14H,5-6,16H2,1-4H3. The molecule has 0 saturated carbocycles. The predicted molar refractivity (Wildman–Crippen MR) is 76.8 cm³/mol. The molecule has 0 radical (unpaired) electrons. The number of hydrogen-bond donors (Lipinski definition) is 1. The summed E-state index contributed by atoms with van der Waals surface area (Å²) in [5.41, 5.74) is 8.03. The second-order valence-corrected chi connectivity index (χ2v) is 5.04. The zero-order chi connectivity index (χ0) is 13.7. The largest absolute Gasteiger partial charge is 0.320 e. The van der Waals surface area contributed by atoms with E-state index in [1.807, 2.05) is 19.1 Å². The van der Waals surface area contributed by atoms with Crippen molar-refractivity contribution < 1.29 is 4.79 Å². The van der Waals surface area contributed by atoms with Crippen molar-refractivity contribution >= 4 is 11.6 Å². The summed E-state index contributed by atoms with van der Waals surface area (Å²) < 4.78 is 0. The third-order valence-electron chi connectivity index (χ3n) is 3.19. The molecule has 1 aromatic carbocycles. The first-order valence-corrected chi connectivity index (χ1v) is 6.60. The molecule has 1 unspecified atom stereocenters. The molecule has 2 N–H and O–H groups in total. The maximum Gasteiger partial charge on any atom is 0.243 e. The monoisotopic (exact) mass is 248 g/mol. The Morgan fingerprint density at radius 1 is 1.28 bits per heavy atom. The number of carbonyl (C=O) groups is 1. The zero-order valence-electron chi connectivity index (χ0n) is 11.8. The van der Waals surface area contributed by atoms with Gasteiger partial charge in [-0.3, -0.25) is 4.79 Å². The van der Waals surface area contributed by atoms with Crippen molar-refractivity contribution in [3.63, 3.8) is 0 Å². The van der Waals surface area contributed by atoms with Crippen LogP contribution in [0, 0.1) is 0 Å². The molecule has 0 fully saturated rings. The van der Waals surface area contributed by atoms with Gasteiger partial charge in [0.15, 0.2) is 0 Å². The molecule has 0 spiro atoms. The third kappa shape index (κ3) is 3.57. The van der Waals surface area contributed by atoms with Crippen LogP contribution in [0.2, 0.25) is 0 Å². The number of nitrogens with two attached hydrogens (primary N) is 1. The fourth-order valence-electron chi connectivity index (χ4n) is 1.89. The second-order valence-electron chi connectivity index (χ2n) is 5.04. The van der Waals surface area contributed by atoms with E-state index in [9.17, 15) is 4.79 Å². The van der Waals surface area contributed by atoms with Crippen LogP contribution in [0.5, 0.6) is 0 Å². The van der Waals surface area contributed by atoms with E-state index >= 15 is 0 Å². The van der Waals surface area contributed by atoms with E-state index in [1.54, 1.807) is 11.9 Å². The van der Waals surface area contributed by atoms with Gasteiger partial charge in [0.05, 0.1) is 6.04 Å². The van der Waals surface area contributed by atoms with Crippen LogP contribution in [0.1, 0.15) is 45.1 Å². The van der Waals surface area contributed by atoms with Crippen LogP contribution in [-0.4, -0.2) is 19.0 Å². The van der Waals surface area contributed by atoms with Crippen LogP contribution in [-0.2, 0) is 4.79 Å². The van der Waals surface area contributed by atoms with Crippen LogP contribution < -0.4 is 10.6 Å².